The summed E-state index contributed by atoms with van der Waals surface area (Å²) in [6.45, 7) is 2.32. The van der Waals surface area contributed by atoms with Gasteiger partial charge in [-0.3, -0.25) is 0 Å². The summed E-state index contributed by atoms with van der Waals surface area (Å²) in [5.74, 6) is 1.23. The zero-order valence-corrected chi connectivity index (χ0v) is 13.4. The second-order valence-electron chi connectivity index (χ2n) is 6.82. The molecule has 2 aromatic rings. The van der Waals surface area contributed by atoms with E-state index >= 15 is 0 Å². The summed E-state index contributed by atoms with van der Waals surface area (Å²) < 4.78 is 0. The van der Waals surface area contributed by atoms with Crippen molar-refractivity contribution in [2.24, 2.45) is 11.8 Å². The molecular formula is C21H26O. The molecular weight excluding hydrogens is 268 g/mol. The lowest BCUT2D eigenvalue weighted by atomic mass is 9.73. The van der Waals surface area contributed by atoms with Crippen LogP contribution >= 0.6 is 0 Å². The Morgan fingerprint density at radius 2 is 1.41 bits per heavy atom. The van der Waals surface area contributed by atoms with Gasteiger partial charge in [0.2, 0.25) is 0 Å². The van der Waals surface area contributed by atoms with Crippen LogP contribution in [0.25, 0.3) is 0 Å². The summed E-state index contributed by atoms with van der Waals surface area (Å²) in [5, 5.41) is 11.2. The monoisotopic (exact) mass is 294 g/mol. The minimum atomic E-state index is -0.299. The lowest BCUT2D eigenvalue weighted by Gasteiger charge is -2.35. The van der Waals surface area contributed by atoms with Gasteiger partial charge in [0, 0.05) is 5.92 Å². The van der Waals surface area contributed by atoms with Gasteiger partial charge in [-0.05, 0) is 35.8 Å². The van der Waals surface area contributed by atoms with E-state index in [1.807, 2.05) is 12.1 Å². The molecule has 2 aromatic carbocycles. The fourth-order valence-electron chi connectivity index (χ4n) is 3.97. The lowest BCUT2D eigenvalue weighted by Crippen LogP contribution is -2.32. The Kier molecular flexibility index (Phi) is 4.94. The van der Waals surface area contributed by atoms with Gasteiger partial charge in [-0.2, -0.15) is 0 Å². The molecule has 3 unspecified atom stereocenters. The van der Waals surface area contributed by atoms with Crippen molar-refractivity contribution >= 4 is 0 Å². The maximum atomic E-state index is 11.2. The highest BCUT2D eigenvalue weighted by Crippen LogP contribution is 2.38. The predicted octanol–water partition coefficient (Wildman–Crippen LogP) is 5.01. The van der Waals surface area contributed by atoms with Crippen LogP contribution in [0.15, 0.2) is 60.7 Å². The van der Waals surface area contributed by atoms with Crippen molar-refractivity contribution in [3.8, 4) is 0 Å². The van der Waals surface area contributed by atoms with Crippen LogP contribution in [0.2, 0.25) is 0 Å². The molecule has 0 amide bonds. The minimum Gasteiger partial charge on any atom is -0.392 e. The van der Waals surface area contributed by atoms with Crippen molar-refractivity contribution in [3.63, 3.8) is 0 Å². The minimum absolute atomic E-state index is 0.0812. The van der Waals surface area contributed by atoms with E-state index in [-0.39, 0.29) is 12.0 Å². The molecule has 0 aromatic heterocycles. The summed E-state index contributed by atoms with van der Waals surface area (Å²) in [4.78, 5) is 0. The Morgan fingerprint density at radius 3 is 1.91 bits per heavy atom. The highest BCUT2D eigenvalue weighted by Gasteiger charge is 2.32. The van der Waals surface area contributed by atoms with Crippen molar-refractivity contribution in [1.82, 2.24) is 0 Å². The van der Waals surface area contributed by atoms with Crippen LogP contribution in [0.1, 0.15) is 49.7 Å². The Labute approximate surface area is 134 Å². The highest BCUT2D eigenvalue weighted by atomic mass is 16.3. The molecule has 1 saturated carbocycles. The first-order chi connectivity index (χ1) is 10.8. The normalized spacial score (nSPS) is 23.4. The number of aliphatic hydroxyl groups excluding tert-OH is 1. The summed E-state index contributed by atoms with van der Waals surface area (Å²) in [7, 11) is 0. The van der Waals surface area contributed by atoms with Gasteiger partial charge in [0.25, 0.3) is 0 Å². The fraction of sp³-hybridized carbons (Fsp3) is 0.429. The molecule has 0 bridgehead atoms. The first kappa shape index (κ1) is 15.3. The van der Waals surface area contributed by atoms with Gasteiger partial charge < -0.3 is 5.11 Å². The molecule has 0 saturated heterocycles. The number of aliphatic hydroxyl groups is 1. The molecule has 0 spiro atoms. The SMILES string of the molecule is CC1CCCC(C(O)C(c2ccccc2)c2ccccc2)C1. The zero-order valence-electron chi connectivity index (χ0n) is 13.4. The predicted molar refractivity (Wildman–Crippen MR) is 91.9 cm³/mol. The number of rotatable bonds is 4. The van der Waals surface area contributed by atoms with E-state index in [9.17, 15) is 5.11 Å². The molecule has 1 fully saturated rings. The first-order valence-corrected chi connectivity index (χ1v) is 8.53. The van der Waals surface area contributed by atoms with E-state index in [0.29, 0.717) is 5.92 Å². The van der Waals surface area contributed by atoms with Crippen LogP contribution in [0, 0.1) is 11.8 Å². The molecule has 3 rings (SSSR count). The van der Waals surface area contributed by atoms with Gasteiger partial charge in [0.15, 0.2) is 0 Å². The number of benzene rings is 2. The van der Waals surface area contributed by atoms with Crippen molar-refractivity contribution in [2.45, 2.75) is 44.6 Å². The fourth-order valence-corrected chi connectivity index (χ4v) is 3.97. The number of hydrogen-bond acceptors (Lipinski definition) is 1. The maximum absolute atomic E-state index is 11.2. The van der Waals surface area contributed by atoms with E-state index < -0.39 is 0 Å². The lowest BCUT2D eigenvalue weighted by molar-refractivity contribution is 0.0588. The summed E-state index contributed by atoms with van der Waals surface area (Å²) >= 11 is 0. The average molecular weight is 294 g/mol. The van der Waals surface area contributed by atoms with Gasteiger partial charge in [0.05, 0.1) is 6.10 Å². The first-order valence-electron chi connectivity index (χ1n) is 8.53. The van der Waals surface area contributed by atoms with Crippen LogP contribution in [0.5, 0.6) is 0 Å². The number of hydrogen-bond donors (Lipinski definition) is 1. The smallest absolute Gasteiger partial charge is 0.0677 e. The van der Waals surface area contributed by atoms with E-state index in [0.717, 1.165) is 18.8 Å². The van der Waals surface area contributed by atoms with Crippen molar-refractivity contribution in [3.05, 3.63) is 71.8 Å². The molecule has 1 N–H and O–H groups in total. The third-order valence-corrected chi connectivity index (χ3v) is 5.12. The van der Waals surface area contributed by atoms with E-state index in [1.54, 1.807) is 0 Å². The molecule has 116 valence electrons. The van der Waals surface area contributed by atoms with Crippen LogP contribution in [0.3, 0.4) is 0 Å². The van der Waals surface area contributed by atoms with E-state index in [2.05, 4.69) is 55.5 Å². The van der Waals surface area contributed by atoms with Gasteiger partial charge in [-0.15, -0.1) is 0 Å². The molecule has 1 nitrogen and oxygen atoms in total. The van der Waals surface area contributed by atoms with Gasteiger partial charge in [0.1, 0.15) is 0 Å². The third-order valence-electron chi connectivity index (χ3n) is 5.12. The zero-order chi connectivity index (χ0) is 15.4. The Bertz CT molecular complexity index is 523. The molecule has 1 aliphatic rings. The van der Waals surface area contributed by atoms with Crippen LogP contribution in [-0.4, -0.2) is 11.2 Å². The molecule has 1 heteroatoms. The second kappa shape index (κ2) is 7.11. The molecule has 0 aliphatic heterocycles. The molecule has 22 heavy (non-hydrogen) atoms. The van der Waals surface area contributed by atoms with E-state index in [4.69, 9.17) is 0 Å². The second-order valence-corrected chi connectivity index (χ2v) is 6.82. The molecule has 0 radical (unpaired) electrons. The van der Waals surface area contributed by atoms with Crippen LogP contribution < -0.4 is 0 Å². The molecule has 3 atom stereocenters. The van der Waals surface area contributed by atoms with Crippen molar-refractivity contribution in [2.75, 3.05) is 0 Å². The summed E-state index contributed by atoms with van der Waals surface area (Å²) in [6, 6.07) is 21.0. The third kappa shape index (κ3) is 3.41. The largest absolute Gasteiger partial charge is 0.392 e. The summed E-state index contributed by atoms with van der Waals surface area (Å²) in [5.41, 5.74) is 2.44. The highest BCUT2D eigenvalue weighted by molar-refractivity contribution is 5.34. The van der Waals surface area contributed by atoms with Gasteiger partial charge in [-0.1, -0.05) is 80.4 Å². The molecule has 1 aliphatic carbocycles. The Hall–Kier alpha value is -1.60. The van der Waals surface area contributed by atoms with Crippen molar-refractivity contribution in [1.29, 1.82) is 0 Å². The topological polar surface area (TPSA) is 20.2 Å². The van der Waals surface area contributed by atoms with Crippen molar-refractivity contribution < 1.29 is 5.11 Å². The Morgan fingerprint density at radius 1 is 0.864 bits per heavy atom. The average Bonchev–Trinajstić information content (AvgIpc) is 2.57. The van der Waals surface area contributed by atoms with E-state index in [1.165, 1.54) is 24.0 Å². The van der Waals surface area contributed by atoms with Crippen LogP contribution in [-0.2, 0) is 0 Å². The quantitative estimate of drug-likeness (QED) is 0.840. The Balaban J connectivity index is 1.91. The van der Waals surface area contributed by atoms with Gasteiger partial charge >= 0.3 is 0 Å². The maximum Gasteiger partial charge on any atom is 0.0677 e. The summed E-state index contributed by atoms with van der Waals surface area (Å²) in [6.07, 6.45) is 4.57. The van der Waals surface area contributed by atoms with Gasteiger partial charge in [-0.25, -0.2) is 0 Å². The van der Waals surface area contributed by atoms with Crippen LogP contribution in [0.4, 0.5) is 0 Å². The molecule has 0 heterocycles. The standard InChI is InChI=1S/C21H26O/c1-16-9-8-14-19(15-16)21(22)20(17-10-4-2-5-11-17)18-12-6-3-7-13-18/h2-7,10-13,16,19-22H,8-9,14-15H2,1H3.